The van der Waals surface area contributed by atoms with Crippen LogP contribution >= 0.6 is 0 Å². The zero-order chi connectivity index (χ0) is 16.5. The van der Waals surface area contributed by atoms with Crippen molar-refractivity contribution in [2.24, 2.45) is 0 Å². The summed E-state index contributed by atoms with van der Waals surface area (Å²) in [5.74, 6) is 0.757. The number of pyridine rings is 1. The molecule has 2 aromatic heterocycles. The van der Waals surface area contributed by atoms with E-state index < -0.39 is 0 Å². The molecule has 3 aromatic rings. The third-order valence-corrected chi connectivity index (χ3v) is 4.74. The Morgan fingerprint density at radius 1 is 1.17 bits per heavy atom. The highest BCUT2D eigenvalue weighted by Gasteiger charge is 2.17. The lowest BCUT2D eigenvalue weighted by molar-refractivity contribution is 0.112. The van der Waals surface area contributed by atoms with E-state index >= 15 is 0 Å². The maximum absolute atomic E-state index is 11.2. The largest absolute Gasteiger partial charge is 0.298 e. The van der Waals surface area contributed by atoms with E-state index in [0.717, 1.165) is 42.8 Å². The Bertz CT molecular complexity index is 911. The maximum Gasteiger partial charge on any atom is 0.154 e. The van der Waals surface area contributed by atoms with Gasteiger partial charge < -0.3 is 0 Å². The van der Waals surface area contributed by atoms with Crippen molar-refractivity contribution < 1.29 is 4.79 Å². The Labute approximate surface area is 141 Å². The van der Waals surface area contributed by atoms with Gasteiger partial charge in [0.2, 0.25) is 0 Å². The standard InChI is InChI=1S/C20H19N3O/c1-2-19-15(13-24)12-21-23(19)20-11-5-10-18(22-20)17-9-4-7-14-6-3-8-16(14)17/h4-5,7,9-13H,2-3,6,8H2,1H3. The van der Waals surface area contributed by atoms with Crippen molar-refractivity contribution in [1.29, 1.82) is 0 Å². The lowest BCUT2D eigenvalue weighted by Gasteiger charge is -2.11. The predicted octanol–water partition coefficient (Wildman–Crippen LogP) is 3.80. The van der Waals surface area contributed by atoms with Crippen LogP contribution in [0.1, 0.15) is 40.5 Å². The highest BCUT2D eigenvalue weighted by Crippen LogP contribution is 2.31. The molecular weight excluding hydrogens is 298 g/mol. The molecule has 0 aliphatic heterocycles. The van der Waals surface area contributed by atoms with Gasteiger partial charge in [0.15, 0.2) is 12.1 Å². The van der Waals surface area contributed by atoms with Gasteiger partial charge >= 0.3 is 0 Å². The molecule has 0 saturated carbocycles. The zero-order valence-corrected chi connectivity index (χ0v) is 13.7. The van der Waals surface area contributed by atoms with Crippen LogP contribution in [0.2, 0.25) is 0 Å². The molecule has 0 bridgehead atoms. The molecule has 0 spiro atoms. The van der Waals surface area contributed by atoms with Gasteiger partial charge in [0.05, 0.1) is 23.1 Å². The Balaban J connectivity index is 1.82. The van der Waals surface area contributed by atoms with Gasteiger partial charge in [-0.15, -0.1) is 0 Å². The molecule has 0 atom stereocenters. The van der Waals surface area contributed by atoms with E-state index in [2.05, 4.69) is 23.3 Å². The van der Waals surface area contributed by atoms with Crippen molar-refractivity contribution in [2.75, 3.05) is 0 Å². The molecule has 0 amide bonds. The van der Waals surface area contributed by atoms with Gasteiger partial charge in [-0.3, -0.25) is 4.79 Å². The van der Waals surface area contributed by atoms with Crippen LogP contribution < -0.4 is 0 Å². The van der Waals surface area contributed by atoms with Crippen molar-refractivity contribution in [3.8, 4) is 17.1 Å². The predicted molar refractivity (Wildman–Crippen MR) is 93.6 cm³/mol. The van der Waals surface area contributed by atoms with Gasteiger partial charge in [-0.25, -0.2) is 9.67 Å². The van der Waals surface area contributed by atoms with E-state index in [9.17, 15) is 4.79 Å². The summed E-state index contributed by atoms with van der Waals surface area (Å²) in [7, 11) is 0. The fourth-order valence-corrected chi connectivity index (χ4v) is 3.59. The molecular formula is C20H19N3O. The minimum Gasteiger partial charge on any atom is -0.298 e. The molecule has 2 heterocycles. The van der Waals surface area contributed by atoms with Gasteiger partial charge in [-0.05, 0) is 48.9 Å². The number of carbonyl (C=O) groups is 1. The summed E-state index contributed by atoms with van der Waals surface area (Å²) in [6, 6.07) is 12.5. The third-order valence-electron chi connectivity index (χ3n) is 4.74. The van der Waals surface area contributed by atoms with Crippen LogP contribution in [0.4, 0.5) is 0 Å². The van der Waals surface area contributed by atoms with E-state index in [4.69, 9.17) is 4.98 Å². The Morgan fingerprint density at radius 3 is 2.88 bits per heavy atom. The lowest BCUT2D eigenvalue weighted by atomic mass is 10.0. The first-order valence-corrected chi connectivity index (χ1v) is 8.42. The number of aldehydes is 1. The molecule has 120 valence electrons. The van der Waals surface area contributed by atoms with Gasteiger partial charge in [0.25, 0.3) is 0 Å². The quantitative estimate of drug-likeness (QED) is 0.688. The number of carbonyl (C=O) groups excluding carboxylic acids is 1. The van der Waals surface area contributed by atoms with Gasteiger partial charge in [0, 0.05) is 5.56 Å². The average Bonchev–Trinajstić information content (AvgIpc) is 3.27. The van der Waals surface area contributed by atoms with Crippen LogP contribution in [0, 0.1) is 0 Å². The van der Waals surface area contributed by atoms with Crippen molar-refractivity contribution in [3.05, 3.63) is 65.0 Å². The molecule has 0 unspecified atom stereocenters. The van der Waals surface area contributed by atoms with Crippen molar-refractivity contribution in [1.82, 2.24) is 14.8 Å². The Kier molecular flexibility index (Phi) is 3.73. The van der Waals surface area contributed by atoms with E-state index in [1.807, 2.05) is 25.1 Å². The monoisotopic (exact) mass is 317 g/mol. The molecule has 4 rings (SSSR count). The summed E-state index contributed by atoms with van der Waals surface area (Å²) in [6.07, 6.45) is 6.70. The molecule has 0 radical (unpaired) electrons. The van der Waals surface area contributed by atoms with Gasteiger partial charge in [-0.2, -0.15) is 5.10 Å². The van der Waals surface area contributed by atoms with Crippen LogP contribution in [0.3, 0.4) is 0 Å². The van der Waals surface area contributed by atoms with Crippen LogP contribution in [-0.4, -0.2) is 21.1 Å². The molecule has 24 heavy (non-hydrogen) atoms. The summed E-state index contributed by atoms with van der Waals surface area (Å²) >= 11 is 0. The van der Waals surface area contributed by atoms with E-state index in [0.29, 0.717) is 5.56 Å². The molecule has 1 aliphatic rings. The summed E-state index contributed by atoms with van der Waals surface area (Å²) in [6.45, 7) is 2.02. The number of benzene rings is 1. The SMILES string of the molecule is CCc1c(C=O)cnn1-c1cccc(-c2cccc3c2CCC3)n1. The van der Waals surface area contributed by atoms with E-state index in [1.165, 1.54) is 23.1 Å². The highest BCUT2D eigenvalue weighted by molar-refractivity contribution is 5.76. The summed E-state index contributed by atoms with van der Waals surface area (Å²) < 4.78 is 1.77. The molecule has 4 heteroatoms. The van der Waals surface area contributed by atoms with Gasteiger partial charge in [-0.1, -0.05) is 31.2 Å². The highest BCUT2D eigenvalue weighted by atomic mass is 16.1. The van der Waals surface area contributed by atoms with E-state index in [-0.39, 0.29) is 0 Å². The van der Waals surface area contributed by atoms with Crippen LogP contribution in [0.5, 0.6) is 0 Å². The van der Waals surface area contributed by atoms with Crippen molar-refractivity contribution in [2.45, 2.75) is 32.6 Å². The smallest absolute Gasteiger partial charge is 0.154 e. The number of hydrogen-bond donors (Lipinski definition) is 0. The molecule has 0 saturated heterocycles. The molecule has 1 aromatic carbocycles. The normalized spacial score (nSPS) is 13.0. The lowest BCUT2D eigenvalue weighted by Crippen LogP contribution is -2.05. The Hall–Kier alpha value is -2.75. The fourth-order valence-electron chi connectivity index (χ4n) is 3.59. The summed E-state index contributed by atoms with van der Waals surface area (Å²) in [5.41, 5.74) is 6.57. The minimum absolute atomic E-state index is 0.630. The first-order chi connectivity index (χ1) is 11.8. The van der Waals surface area contributed by atoms with Crippen LogP contribution in [0.15, 0.2) is 42.6 Å². The van der Waals surface area contributed by atoms with Crippen LogP contribution in [-0.2, 0) is 19.3 Å². The maximum atomic E-state index is 11.2. The van der Waals surface area contributed by atoms with Crippen LogP contribution in [0.25, 0.3) is 17.1 Å². The van der Waals surface area contributed by atoms with Crippen molar-refractivity contribution >= 4 is 6.29 Å². The number of rotatable bonds is 4. The van der Waals surface area contributed by atoms with E-state index in [1.54, 1.807) is 10.9 Å². The molecule has 1 aliphatic carbocycles. The second kappa shape index (κ2) is 6.04. The Morgan fingerprint density at radius 2 is 2.04 bits per heavy atom. The summed E-state index contributed by atoms with van der Waals surface area (Å²) in [4.78, 5) is 16.0. The molecule has 0 fully saturated rings. The van der Waals surface area contributed by atoms with Gasteiger partial charge in [0.1, 0.15) is 0 Å². The zero-order valence-electron chi connectivity index (χ0n) is 13.7. The number of aryl methyl sites for hydroxylation is 1. The second-order valence-corrected chi connectivity index (χ2v) is 6.11. The minimum atomic E-state index is 0.630. The second-order valence-electron chi connectivity index (χ2n) is 6.11. The number of aromatic nitrogens is 3. The number of nitrogens with zero attached hydrogens (tertiary/aromatic N) is 3. The number of hydrogen-bond acceptors (Lipinski definition) is 3. The topological polar surface area (TPSA) is 47.8 Å². The third kappa shape index (κ3) is 2.35. The first-order valence-electron chi connectivity index (χ1n) is 8.42. The fraction of sp³-hybridized carbons (Fsp3) is 0.250. The van der Waals surface area contributed by atoms with Crippen molar-refractivity contribution in [3.63, 3.8) is 0 Å². The first kappa shape index (κ1) is 14.8. The summed E-state index contributed by atoms with van der Waals surface area (Å²) in [5, 5.41) is 4.36. The average molecular weight is 317 g/mol. The molecule has 4 nitrogen and oxygen atoms in total. The number of fused-ring (bicyclic) bond motifs is 1. The molecule has 0 N–H and O–H groups in total.